The molecular weight excluding hydrogens is 456 g/mol. The van der Waals surface area contributed by atoms with Crippen LogP contribution in [0.3, 0.4) is 0 Å². The normalized spacial score (nSPS) is 14.5. The summed E-state index contributed by atoms with van der Waals surface area (Å²) in [4.78, 5) is 30.3. The number of aromatic nitrogens is 1. The van der Waals surface area contributed by atoms with Gasteiger partial charge in [0, 0.05) is 54.5 Å². The topological polar surface area (TPSA) is 112 Å². The van der Waals surface area contributed by atoms with Gasteiger partial charge in [0.2, 0.25) is 15.6 Å². The molecule has 1 aromatic heterocycles. The summed E-state index contributed by atoms with van der Waals surface area (Å²) in [6.45, 7) is 7.17. The second kappa shape index (κ2) is 9.96. The molecule has 0 spiro atoms. The maximum atomic E-state index is 13.1. The molecule has 10 heteroatoms. The largest absolute Gasteiger partial charge is 0.378 e. The maximum Gasteiger partial charge on any atom is 0.256 e. The van der Waals surface area contributed by atoms with E-state index in [1.165, 1.54) is 28.6 Å². The highest BCUT2D eigenvalue weighted by molar-refractivity contribution is 7.89. The summed E-state index contributed by atoms with van der Waals surface area (Å²) in [5.74, 6) is -0.493. The fourth-order valence-corrected chi connectivity index (χ4v) is 5.55. The number of carbonyl (C=O) groups excluding carboxylic acids is 1. The number of nitrogens with zero attached hydrogens (tertiary/aromatic N) is 2. The van der Waals surface area contributed by atoms with Crippen molar-refractivity contribution in [3.63, 3.8) is 0 Å². The van der Waals surface area contributed by atoms with Crippen LogP contribution in [0.4, 0.5) is 11.4 Å². The van der Waals surface area contributed by atoms with Crippen LogP contribution in [0.5, 0.6) is 0 Å². The number of pyridine rings is 1. The Kier molecular flexibility index (Phi) is 7.01. The zero-order valence-corrected chi connectivity index (χ0v) is 20.0. The Morgan fingerprint density at radius 2 is 1.74 bits per heavy atom. The van der Waals surface area contributed by atoms with E-state index in [-0.39, 0.29) is 10.5 Å². The van der Waals surface area contributed by atoms with Gasteiger partial charge in [-0.3, -0.25) is 9.59 Å². The molecule has 0 unspecified atom stereocenters. The van der Waals surface area contributed by atoms with E-state index in [2.05, 4.69) is 15.2 Å². The van der Waals surface area contributed by atoms with Crippen molar-refractivity contribution in [2.45, 2.75) is 18.7 Å². The summed E-state index contributed by atoms with van der Waals surface area (Å²) in [5, 5.41) is 3.17. The Morgan fingerprint density at radius 3 is 2.38 bits per heavy atom. The second-order valence-corrected chi connectivity index (χ2v) is 9.88. The number of anilines is 2. The molecule has 1 aliphatic rings. The molecule has 0 atom stereocenters. The molecule has 4 rings (SSSR count). The van der Waals surface area contributed by atoms with E-state index >= 15 is 0 Å². The van der Waals surface area contributed by atoms with Crippen molar-refractivity contribution < 1.29 is 17.9 Å². The Morgan fingerprint density at radius 1 is 1.06 bits per heavy atom. The number of hydrogen-bond donors (Lipinski definition) is 2. The number of ether oxygens (including phenoxy) is 1. The van der Waals surface area contributed by atoms with Crippen molar-refractivity contribution in [3.8, 4) is 0 Å². The van der Waals surface area contributed by atoms with Gasteiger partial charge in [0.15, 0.2) is 0 Å². The highest BCUT2D eigenvalue weighted by Gasteiger charge is 2.23. The molecule has 180 valence electrons. The minimum absolute atomic E-state index is 0.0691. The Bertz CT molecular complexity index is 1340. The first-order valence-electron chi connectivity index (χ1n) is 11.2. The Labute approximate surface area is 198 Å². The van der Waals surface area contributed by atoms with Crippen LogP contribution < -0.4 is 15.8 Å². The molecule has 9 nitrogen and oxygen atoms in total. The van der Waals surface area contributed by atoms with Gasteiger partial charge in [-0.15, -0.1) is 0 Å². The van der Waals surface area contributed by atoms with Gasteiger partial charge < -0.3 is 19.9 Å². The number of hydrogen-bond acceptors (Lipinski definition) is 6. The molecule has 1 saturated heterocycles. The number of rotatable bonds is 7. The number of aromatic amines is 1. The number of amides is 1. The summed E-state index contributed by atoms with van der Waals surface area (Å²) in [7, 11) is -3.72. The highest BCUT2D eigenvalue weighted by Crippen LogP contribution is 2.24. The average Bonchev–Trinajstić information content (AvgIpc) is 2.84. The molecule has 2 N–H and O–H groups in total. The van der Waals surface area contributed by atoms with Crippen LogP contribution in [0.1, 0.15) is 24.2 Å². The lowest BCUT2D eigenvalue weighted by Gasteiger charge is -2.28. The first kappa shape index (κ1) is 23.9. The lowest BCUT2D eigenvalue weighted by molar-refractivity contribution is 0.102. The first-order chi connectivity index (χ1) is 16.3. The van der Waals surface area contributed by atoms with Crippen molar-refractivity contribution >= 4 is 38.2 Å². The summed E-state index contributed by atoms with van der Waals surface area (Å²) in [6.07, 6.45) is 0. The van der Waals surface area contributed by atoms with Crippen molar-refractivity contribution in [1.82, 2.24) is 9.29 Å². The highest BCUT2D eigenvalue weighted by atomic mass is 32.2. The molecule has 2 aromatic carbocycles. The summed E-state index contributed by atoms with van der Waals surface area (Å²) >= 11 is 0. The SMILES string of the molecule is CCN(CC)S(=O)(=O)c1ccc2[nH]c(=O)cc(C(=O)Nc3ccc(N4CCOCC4)cc3)c2c1. The maximum absolute atomic E-state index is 13.1. The molecule has 0 aliphatic carbocycles. The minimum atomic E-state index is -3.72. The zero-order chi connectivity index (χ0) is 24.3. The third-order valence-electron chi connectivity index (χ3n) is 5.90. The van der Waals surface area contributed by atoms with E-state index in [0.29, 0.717) is 42.9 Å². The average molecular weight is 485 g/mol. The van der Waals surface area contributed by atoms with E-state index in [1.54, 1.807) is 26.0 Å². The number of morpholine rings is 1. The van der Waals surface area contributed by atoms with Gasteiger partial charge in [0.25, 0.3) is 5.91 Å². The molecule has 0 saturated carbocycles. The Hall–Kier alpha value is -3.21. The number of H-pyrrole nitrogens is 1. The fourth-order valence-electron chi connectivity index (χ4n) is 4.07. The van der Waals surface area contributed by atoms with Crippen molar-refractivity contribution in [3.05, 3.63) is 64.4 Å². The summed E-state index contributed by atoms with van der Waals surface area (Å²) in [6, 6.07) is 13.0. The summed E-state index contributed by atoms with van der Waals surface area (Å²) in [5.41, 5.74) is 1.66. The van der Waals surface area contributed by atoms with Crippen LogP contribution >= 0.6 is 0 Å². The molecule has 1 aliphatic heterocycles. The van der Waals surface area contributed by atoms with Crippen LogP contribution in [0.2, 0.25) is 0 Å². The van der Waals surface area contributed by atoms with Crippen LogP contribution in [-0.4, -0.2) is 63.0 Å². The third-order valence-corrected chi connectivity index (χ3v) is 7.95. The molecule has 2 heterocycles. The van der Waals surface area contributed by atoms with Gasteiger partial charge in [0.05, 0.1) is 23.7 Å². The van der Waals surface area contributed by atoms with Crippen LogP contribution in [0, 0.1) is 0 Å². The van der Waals surface area contributed by atoms with E-state index in [4.69, 9.17) is 4.74 Å². The van der Waals surface area contributed by atoms with Crippen LogP contribution in [-0.2, 0) is 14.8 Å². The fraction of sp³-hybridized carbons (Fsp3) is 0.333. The molecule has 3 aromatic rings. The lowest BCUT2D eigenvalue weighted by atomic mass is 10.1. The quantitative estimate of drug-likeness (QED) is 0.533. The number of nitrogens with one attached hydrogen (secondary N) is 2. The predicted octanol–water partition coefficient (Wildman–Crippen LogP) is 2.65. The standard InChI is InChI=1S/C24H28N4O5S/c1-3-28(4-2)34(31,32)19-9-10-22-20(15-19)21(16-23(29)26-22)24(30)25-17-5-7-18(8-6-17)27-11-13-33-14-12-27/h5-10,15-16H,3-4,11-14H2,1-2H3,(H,25,30)(H,26,29). The van der Waals surface area contributed by atoms with Gasteiger partial charge in [-0.25, -0.2) is 8.42 Å². The Balaban J connectivity index is 1.65. The molecule has 0 radical (unpaired) electrons. The van der Waals surface area contributed by atoms with Crippen LogP contribution in [0.25, 0.3) is 10.9 Å². The van der Waals surface area contributed by atoms with Crippen molar-refractivity contribution in [1.29, 1.82) is 0 Å². The van der Waals surface area contributed by atoms with Crippen molar-refractivity contribution in [2.75, 3.05) is 49.6 Å². The van der Waals surface area contributed by atoms with E-state index in [1.807, 2.05) is 12.1 Å². The van der Waals surface area contributed by atoms with Gasteiger partial charge in [-0.05, 0) is 42.5 Å². The van der Waals surface area contributed by atoms with Crippen molar-refractivity contribution in [2.24, 2.45) is 0 Å². The lowest BCUT2D eigenvalue weighted by Crippen LogP contribution is -2.36. The molecule has 1 amide bonds. The predicted molar refractivity (Wildman–Crippen MR) is 132 cm³/mol. The third kappa shape index (κ3) is 4.84. The molecule has 1 fully saturated rings. The molecule has 34 heavy (non-hydrogen) atoms. The minimum Gasteiger partial charge on any atom is -0.378 e. The second-order valence-electron chi connectivity index (χ2n) is 7.94. The summed E-state index contributed by atoms with van der Waals surface area (Å²) < 4.78 is 32.7. The molecular formula is C24H28N4O5S. The monoisotopic (exact) mass is 484 g/mol. The van der Waals surface area contributed by atoms with E-state index < -0.39 is 21.5 Å². The zero-order valence-electron chi connectivity index (χ0n) is 19.2. The van der Waals surface area contributed by atoms with Crippen LogP contribution in [0.15, 0.2) is 58.2 Å². The van der Waals surface area contributed by atoms with Gasteiger partial charge >= 0.3 is 0 Å². The van der Waals surface area contributed by atoms with E-state index in [9.17, 15) is 18.0 Å². The number of benzene rings is 2. The van der Waals surface area contributed by atoms with E-state index in [0.717, 1.165) is 18.8 Å². The van der Waals surface area contributed by atoms with Gasteiger partial charge in [-0.1, -0.05) is 13.8 Å². The first-order valence-corrected chi connectivity index (χ1v) is 12.7. The molecule has 0 bridgehead atoms. The van der Waals surface area contributed by atoms with Gasteiger partial charge in [0.1, 0.15) is 0 Å². The smallest absolute Gasteiger partial charge is 0.256 e. The number of carbonyl (C=O) groups is 1. The number of fused-ring (bicyclic) bond motifs is 1. The number of sulfonamides is 1. The van der Waals surface area contributed by atoms with Gasteiger partial charge in [-0.2, -0.15) is 4.31 Å².